The van der Waals surface area contributed by atoms with Crippen molar-refractivity contribution in [3.05, 3.63) is 54.2 Å². The van der Waals surface area contributed by atoms with Gasteiger partial charge in [0.1, 0.15) is 17.6 Å². The molecule has 0 radical (unpaired) electrons. The number of rotatable bonds is 5. The zero-order chi connectivity index (χ0) is 22.5. The number of piperazine rings is 1. The van der Waals surface area contributed by atoms with Crippen LogP contribution in [-0.2, 0) is 14.3 Å². The molecule has 1 saturated heterocycles. The highest BCUT2D eigenvalue weighted by atomic mass is 16.5. The number of amides is 1. The maximum absolute atomic E-state index is 13.0. The molecule has 1 aromatic carbocycles. The van der Waals surface area contributed by atoms with E-state index >= 15 is 0 Å². The van der Waals surface area contributed by atoms with Gasteiger partial charge in [-0.05, 0) is 36.8 Å². The van der Waals surface area contributed by atoms with Gasteiger partial charge in [0.25, 0.3) is 0 Å². The number of aromatic nitrogens is 1. The first kappa shape index (κ1) is 21.6. The van der Waals surface area contributed by atoms with Crippen LogP contribution in [0.5, 0.6) is 5.75 Å². The fourth-order valence-electron chi connectivity index (χ4n) is 3.95. The zero-order valence-electron chi connectivity index (χ0n) is 18.2. The van der Waals surface area contributed by atoms with Gasteiger partial charge in [0, 0.05) is 32.4 Å². The standard InChI is InChI=1S/C23H27N5O4/c1-3-32-22(30)19-20(16-7-9-17(31-2)10-8-16)25-23(26-21(19)29)28-14-12-27(13-15-28)18-6-4-5-11-24-18/h4-11,19-20H,3,12-15H2,1-2H3,(H,25,26,29)/t19-,20-/m0/s1. The van der Waals surface area contributed by atoms with Gasteiger partial charge in [0.05, 0.1) is 13.7 Å². The van der Waals surface area contributed by atoms with Crippen molar-refractivity contribution in [2.45, 2.75) is 13.0 Å². The highest BCUT2D eigenvalue weighted by molar-refractivity contribution is 6.08. The number of hydrogen-bond donors (Lipinski definition) is 1. The van der Waals surface area contributed by atoms with Crippen molar-refractivity contribution in [1.29, 1.82) is 0 Å². The third-order valence-electron chi connectivity index (χ3n) is 5.64. The average Bonchev–Trinajstić information content (AvgIpc) is 2.84. The van der Waals surface area contributed by atoms with E-state index in [4.69, 9.17) is 14.5 Å². The summed E-state index contributed by atoms with van der Waals surface area (Å²) in [5.41, 5.74) is 0.753. The normalized spacial score (nSPS) is 20.9. The number of pyridine rings is 1. The lowest BCUT2D eigenvalue weighted by atomic mass is 9.91. The third-order valence-corrected chi connectivity index (χ3v) is 5.64. The summed E-state index contributed by atoms with van der Waals surface area (Å²) in [6.07, 6.45) is 1.78. The lowest BCUT2D eigenvalue weighted by molar-refractivity contribution is -0.153. The number of ether oxygens (including phenoxy) is 2. The van der Waals surface area contributed by atoms with E-state index in [1.54, 1.807) is 32.4 Å². The van der Waals surface area contributed by atoms with Gasteiger partial charge in [0.2, 0.25) is 11.9 Å². The number of nitrogens with zero attached hydrogens (tertiary/aromatic N) is 4. The summed E-state index contributed by atoms with van der Waals surface area (Å²) in [5, 5.41) is 2.83. The lowest BCUT2D eigenvalue weighted by Gasteiger charge is -2.39. The summed E-state index contributed by atoms with van der Waals surface area (Å²) in [4.78, 5) is 39.0. The Labute approximate surface area is 187 Å². The van der Waals surface area contributed by atoms with Crippen molar-refractivity contribution < 1.29 is 19.1 Å². The number of nitrogens with one attached hydrogen (secondary N) is 1. The monoisotopic (exact) mass is 437 g/mol. The van der Waals surface area contributed by atoms with E-state index in [-0.39, 0.29) is 6.61 Å². The van der Waals surface area contributed by atoms with Crippen LogP contribution in [-0.4, -0.2) is 67.6 Å². The first-order valence-corrected chi connectivity index (χ1v) is 10.7. The van der Waals surface area contributed by atoms with E-state index in [0.717, 1.165) is 24.5 Å². The smallest absolute Gasteiger partial charge is 0.321 e. The van der Waals surface area contributed by atoms with Crippen molar-refractivity contribution in [3.63, 3.8) is 0 Å². The van der Waals surface area contributed by atoms with E-state index in [1.165, 1.54) is 0 Å². The molecule has 0 unspecified atom stereocenters. The molecule has 2 atom stereocenters. The molecule has 168 valence electrons. The second-order valence-corrected chi connectivity index (χ2v) is 7.55. The molecular formula is C23H27N5O4. The quantitative estimate of drug-likeness (QED) is 0.561. The summed E-state index contributed by atoms with van der Waals surface area (Å²) < 4.78 is 10.4. The van der Waals surface area contributed by atoms with Gasteiger partial charge < -0.3 is 19.3 Å². The molecule has 2 aliphatic rings. The summed E-state index contributed by atoms with van der Waals surface area (Å²) in [5.74, 6) is 0.0887. The lowest BCUT2D eigenvalue weighted by Crippen LogP contribution is -2.57. The predicted molar refractivity (Wildman–Crippen MR) is 119 cm³/mol. The highest BCUT2D eigenvalue weighted by Crippen LogP contribution is 2.32. The van der Waals surface area contributed by atoms with Crippen LogP contribution in [0.15, 0.2) is 53.7 Å². The molecule has 0 bridgehead atoms. The zero-order valence-corrected chi connectivity index (χ0v) is 18.2. The molecule has 1 fully saturated rings. The summed E-state index contributed by atoms with van der Waals surface area (Å²) in [6, 6.07) is 12.4. The minimum atomic E-state index is -1.04. The molecule has 0 saturated carbocycles. The molecule has 0 aliphatic carbocycles. The molecule has 3 heterocycles. The van der Waals surface area contributed by atoms with Crippen LogP contribution in [0.2, 0.25) is 0 Å². The van der Waals surface area contributed by atoms with E-state index in [9.17, 15) is 9.59 Å². The van der Waals surface area contributed by atoms with E-state index in [1.807, 2.05) is 35.2 Å². The maximum Gasteiger partial charge on any atom is 0.321 e. The second kappa shape index (κ2) is 9.67. The molecular weight excluding hydrogens is 410 g/mol. The molecule has 1 N–H and O–H groups in total. The Morgan fingerprint density at radius 3 is 2.44 bits per heavy atom. The minimum Gasteiger partial charge on any atom is -0.497 e. The van der Waals surface area contributed by atoms with E-state index < -0.39 is 23.8 Å². The van der Waals surface area contributed by atoms with Crippen LogP contribution in [0.25, 0.3) is 0 Å². The summed E-state index contributed by atoms with van der Waals surface area (Å²) in [6.45, 7) is 4.77. The molecule has 2 aromatic rings. The molecule has 1 aromatic heterocycles. The Bertz CT molecular complexity index is 972. The molecule has 32 heavy (non-hydrogen) atoms. The van der Waals surface area contributed by atoms with Crippen molar-refractivity contribution in [2.24, 2.45) is 10.9 Å². The molecule has 9 nitrogen and oxygen atoms in total. The first-order chi connectivity index (χ1) is 15.6. The topological polar surface area (TPSA) is 96.4 Å². The average molecular weight is 438 g/mol. The SMILES string of the molecule is CCOC(=O)[C@@H]1C(=O)NC(N2CCN(c3ccccn3)CC2)=N[C@H]1c1ccc(OC)cc1. The Balaban J connectivity index is 1.56. The van der Waals surface area contributed by atoms with Crippen LogP contribution in [0, 0.1) is 5.92 Å². The number of guanidine groups is 1. The summed E-state index contributed by atoms with van der Waals surface area (Å²) in [7, 11) is 1.59. The van der Waals surface area contributed by atoms with Gasteiger partial charge >= 0.3 is 5.97 Å². The Morgan fingerprint density at radius 1 is 1.09 bits per heavy atom. The number of carbonyl (C=O) groups excluding carboxylic acids is 2. The Kier molecular flexibility index (Phi) is 6.53. The largest absolute Gasteiger partial charge is 0.497 e. The van der Waals surface area contributed by atoms with Crippen LogP contribution in [0.4, 0.5) is 5.82 Å². The highest BCUT2D eigenvalue weighted by Gasteiger charge is 2.42. The van der Waals surface area contributed by atoms with Crippen molar-refractivity contribution in [2.75, 3.05) is 44.8 Å². The number of carbonyl (C=O) groups is 2. The van der Waals surface area contributed by atoms with Crippen molar-refractivity contribution in [3.8, 4) is 5.75 Å². The van der Waals surface area contributed by atoms with Crippen LogP contribution in [0.1, 0.15) is 18.5 Å². The van der Waals surface area contributed by atoms with Crippen LogP contribution < -0.4 is 15.0 Å². The number of methoxy groups -OCH3 is 1. The molecule has 4 rings (SSSR count). The second-order valence-electron chi connectivity index (χ2n) is 7.55. The summed E-state index contributed by atoms with van der Waals surface area (Å²) >= 11 is 0. The maximum atomic E-state index is 13.0. The Hall–Kier alpha value is -3.62. The molecule has 1 amide bonds. The van der Waals surface area contributed by atoms with Crippen LogP contribution >= 0.6 is 0 Å². The Morgan fingerprint density at radius 2 is 1.81 bits per heavy atom. The van der Waals surface area contributed by atoms with Gasteiger partial charge in [-0.25, -0.2) is 9.98 Å². The minimum absolute atomic E-state index is 0.198. The first-order valence-electron chi connectivity index (χ1n) is 10.7. The fraction of sp³-hybridized carbons (Fsp3) is 0.391. The number of hydrogen-bond acceptors (Lipinski definition) is 8. The van der Waals surface area contributed by atoms with Gasteiger partial charge in [-0.1, -0.05) is 18.2 Å². The van der Waals surface area contributed by atoms with Crippen molar-refractivity contribution in [1.82, 2.24) is 15.2 Å². The number of anilines is 1. The van der Waals surface area contributed by atoms with Crippen LogP contribution in [0.3, 0.4) is 0 Å². The third kappa shape index (κ3) is 4.51. The number of aliphatic imine (C=N–C) groups is 1. The number of esters is 1. The van der Waals surface area contributed by atoms with Gasteiger partial charge in [0.15, 0.2) is 5.92 Å². The molecule has 2 aliphatic heterocycles. The number of benzene rings is 1. The van der Waals surface area contributed by atoms with Crippen molar-refractivity contribution >= 4 is 23.7 Å². The predicted octanol–water partition coefficient (Wildman–Crippen LogP) is 1.62. The van der Waals surface area contributed by atoms with Gasteiger partial charge in [-0.2, -0.15) is 0 Å². The molecule has 0 spiro atoms. The van der Waals surface area contributed by atoms with Gasteiger partial charge in [-0.15, -0.1) is 0 Å². The van der Waals surface area contributed by atoms with E-state index in [0.29, 0.717) is 24.8 Å². The van der Waals surface area contributed by atoms with Gasteiger partial charge in [-0.3, -0.25) is 14.9 Å². The van der Waals surface area contributed by atoms with E-state index in [2.05, 4.69) is 15.2 Å². The fourth-order valence-corrected chi connectivity index (χ4v) is 3.95. The molecule has 9 heteroatoms.